The minimum Gasteiger partial charge on any atom is -0.357 e. The summed E-state index contributed by atoms with van der Waals surface area (Å²) < 4.78 is 0. The molecule has 1 N–H and O–H groups in total. The molecule has 4 rings (SSSR count). The highest BCUT2D eigenvalue weighted by Crippen LogP contribution is 2.39. The first kappa shape index (κ1) is 10.9. The maximum Gasteiger partial charge on any atom is 0.0501 e. The fourth-order valence-electron chi connectivity index (χ4n) is 3.64. The number of H-pyrrole nitrogens is 1. The highest BCUT2D eigenvalue weighted by Gasteiger charge is 2.31. The van der Waals surface area contributed by atoms with Crippen LogP contribution in [-0.2, 0) is 6.42 Å². The van der Waals surface area contributed by atoms with Gasteiger partial charge in [-0.2, -0.15) is 0 Å². The maximum absolute atomic E-state index is 6.13. The third-order valence-electron chi connectivity index (χ3n) is 4.50. The lowest BCUT2D eigenvalue weighted by Crippen LogP contribution is -2.38. The predicted molar refractivity (Wildman–Crippen MR) is 75.2 cm³/mol. The van der Waals surface area contributed by atoms with Crippen LogP contribution in [0, 0.1) is 0 Å². The molecule has 1 aromatic heterocycles. The van der Waals surface area contributed by atoms with E-state index in [0.717, 1.165) is 11.4 Å². The van der Waals surface area contributed by atoms with Gasteiger partial charge < -0.3 is 4.98 Å². The van der Waals surface area contributed by atoms with E-state index in [9.17, 15) is 0 Å². The number of hydrogen-bond acceptors (Lipinski definition) is 1. The Hall–Kier alpha value is -0.990. The van der Waals surface area contributed by atoms with Crippen molar-refractivity contribution in [3.8, 4) is 0 Å². The lowest BCUT2D eigenvalue weighted by atomic mass is 9.91. The van der Waals surface area contributed by atoms with Gasteiger partial charge in [-0.3, -0.25) is 4.90 Å². The van der Waals surface area contributed by atoms with E-state index in [-0.39, 0.29) is 0 Å². The highest BCUT2D eigenvalue weighted by molar-refractivity contribution is 6.31. The van der Waals surface area contributed by atoms with Crippen LogP contribution in [-0.4, -0.2) is 23.0 Å². The number of fused-ring (bicyclic) bond motifs is 5. The molecule has 0 aliphatic carbocycles. The van der Waals surface area contributed by atoms with Crippen molar-refractivity contribution < 1.29 is 0 Å². The molecule has 0 amide bonds. The quantitative estimate of drug-likeness (QED) is 0.761. The fraction of sp³-hybridized carbons (Fsp3) is 0.467. The van der Waals surface area contributed by atoms with Crippen molar-refractivity contribution in [3.63, 3.8) is 0 Å². The molecule has 2 aliphatic rings. The Morgan fingerprint density at radius 1 is 1.22 bits per heavy atom. The van der Waals surface area contributed by atoms with Crippen LogP contribution in [0.3, 0.4) is 0 Å². The second kappa shape index (κ2) is 4.01. The number of rotatable bonds is 0. The van der Waals surface area contributed by atoms with E-state index in [4.69, 9.17) is 11.6 Å². The van der Waals surface area contributed by atoms with Crippen LogP contribution in [0.2, 0.25) is 5.02 Å². The Morgan fingerprint density at radius 3 is 3.11 bits per heavy atom. The molecule has 0 spiro atoms. The van der Waals surface area contributed by atoms with Gasteiger partial charge in [0.15, 0.2) is 0 Å². The Balaban J connectivity index is 1.89. The summed E-state index contributed by atoms with van der Waals surface area (Å²) in [5, 5.41) is 2.18. The van der Waals surface area contributed by atoms with Crippen LogP contribution in [0.5, 0.6) is 0 Å². The molecule has 2 aromatic rings. The van der Waals surface area contributed by atoms with Crippen molar-refractivity contribution >= 4 is 22.5 Å². The van der Waals surface area contributed by atoms with Crippen molar-refractivity contribution in [2.75, 3.05) is 13.1 Å². The van der Waals surface area contributed by atoms with E-state index in [0.29, 0.717) is 6.04 Å². The van der Waals surface area contributed by atoms with Crippen molar-refractivity contribution in [2.45, 2.75) is 31.7 Å². The number of aromatic amines is 1. The van der Waals surface area contributed by atoms with Crippen LogP contribution < -0.4 is 0 Å². The SMILES string of the molecule is Clc1ccc2[nH]c3c(c2c1)CCN1CCCC[C@H]31. The second-order valence-electron chi connectivity index (χ2n) is 5.50. The molecular weight excluding hydrogens is 244 g/mol. The molecule has 18 heavy (non-hydrogen) atoms. The van der Waals surface area contributed by atoms with Crippen molar-refractivity contribution in [1.82, 2.24) is 9.88 Å². The molecule has 2 nitrogen and oxygen atoms in total. The van der Waals surface area contributed by atoms with E-state index in [2.05, 4.69) is 22.0 Å². The summed E-state index contributed by atoms with van der Waals surface area (Å²) in [5.41, 5.74) is 4.21. The van der Waals surface area contributed by atoms with E-state index in [1.165, 1.54) is 54.5 Å². The zero-order chi connectivity index (χ0) is 12.1. The van der Waals surface area contributed by atoms with Crippen molar-refractivity contribution in [2.24, 2.45) is 0 Å². The fourth-order valence-corrected chi connectivity index (χ4v) is 3.81. The Kier molecular flexibility index (Phi) is 2.42. The minimum atomic E-state index is 0.619. The van der Waals surface area contributed by atoms with E-state index in [1.54, 1.807) is 0 Å². The molecule has 0 bridgehead atoms. The molecule has 0 saturated carbocycles. The zero-order valence-electron chi connectivity index (χ0n) is 10.4. The van der Waals surface area contributed by atoms with E-state index >= 15 is 0 Å². The first-order chi connectivity index (χ1) is 8.83. The van der Waals surface area contributed by atoms with Gasteiger partial charge in [0.25, 0.3) is 0 Å². The number of halogens is 1. The topological polar surface area (TPSA) is 19.0 Å². The first-order valence-corrected chi connectivity index (χ1v) is 7.25. The van der Waals surface area contributed by atoms with Crippen molar-refractivity contribution in [3.05, 3.63) is 34.5 Å². The van der Waals surface area contributed by atoms with Crippen LogP contribution in [0.25, 0.3) is 10.9 Å². The minimum absolute atomic E-state index is 0.619. The monoisotopic (exact) mass is 260 g/mol. The lowest BCUT2D eigenvalue weighted by molar-refractivity contribution is 0.136. The van der Waals surface area contributed by atoms with Gasteiger partial charge in [0, 0.05) is 28.2 Å². The summed E-state index contributed by atoms with van der Waals surface area (Å²) in [6.45, 7) is 2.47. The normalized spacial score (nSPS) is 23.9. The number of nitrogens with zero attached hydrogens (tertiary/aromatic N) is 1. The smallest absolute Gasteiger partial charge is 0.0501 e. The van der Waals surface area contributed by atoms with Gasteiger partial charge in [-0.1, -0.05) is 18.0 Å². The molecule has 3 heterocycles. The van der Waals surface area contributed by atoms with Crippen molar-refractivity contribution in [1.29, 1.82) is 0 Å². The summed E-state index contributed by atoms with van der Waals surface area (Å²) in [4.78, 5) is 6.28. The third kappa shape index (κ3) is 1.52. The van der Waals surface area contributed by atoms with Gasteiger partial charge in [0.1, 0.15) is 0 Å². The average molecular weight is 261 g/mol. The van der Waals surface area contributed by atoms with Crippen LogP contribution in [0.4, 0.5) is 0 Å². The third-order valence-corrected chi connectivity index (χ3v) is 4.73. The summed E-state index contributed by atoms with van der Waals surface area (Å²) >= 11 is 6.13. The average Bonchev–Trinajstić information content (AvgIpc) is 2.77. The Morgan fingerprint density at radius 2 is 2.17 bits per heavy atom. The summed E-state index contributed by atoms with van der Waals surface area (Å²) in [6.07, 6.45) is 5.17. The van der Waals surface area contributed by atoms with Gasteiger partial charge in [0.2, 0.25) is 0 Å². The van der Waals surface area contributed by atoms with Gasteiger partial charge in [-0.15, -0.1) is 0 Å². The lowest BCUT2D eigenvalue weighted by Gasteiger charge is -2.39. The van der Waals surface area contributed by atoms with Gasteiger partial charge in [0.05, 0.1) is 6.04 Å². The zero-order valence-corrected chi connectivity index (χ0v) is 11.1. The Labute approximate surface area is 112 Å². The molecular formula is C15H17ClN2. The second-order valence-corrected chi connectivity index (χ2v) is 5.94. The number of benzene rings is 1. The number of piperidine rings is 1. The first-order valence-electron chi connectivity index (χ1n) is 6.87. The number of nitrogens with one attached hydrogen (secondary N) is 1. The Bertz CT molecular complexity index is 602. The molecule has 0 radical (unpaired) electrons. The molecule has 1 saturated heterocycles. The van der Waals surface area contributed by atoms with Crippen LogP contribution in [0.1, 0.15) is 36.6 Å². The molecule has 1 aromatic carbocycles. The van der Waals surface area contributed by atoms with Gasteiger partial charge >= 0.3 is 0 Å². The largest absolute Gasteiger partial charge is 0.357 e. The highest BCUT2D eigenvalue weighted by atomic mass is 35.5. The number of hydrogen-bond donors (Lipinski definition) is 1. The molecule has 94 valence electrons. The summed E-state index contributed by atoms with van der Waals surface area (Å²) in [7, 11) is 0. The summed E-state index contributed by atoms with van der Waals surface area (Å²) in [5.74, 6) is 0. The molecule has 0 unspecified atom stereocenters. The molecule has 3 heteroatoms. The van der Waals surface area contributed by atoms with Crippen LogP contribution in [0.15, 0.2) is 18.2 Å². The summed E-state index contributed by atoms with van der Waals surface area (Å²) in [6, 6.07) is 6.83. The molecule has 2 aliphatic heterocycles. The maximum atomic E-state index is 6.13. The molecule has 1 atom stereocenters. The van der Waals surface area contributed by atoms with Gasteiger partial charge in [-0.05, 0) is 49.6 Å². The molecule has 1 fully saturated rings. The number of aromatic nitrogens is 1. The predicted octanol–water partition coefficient (Wildman–Crippen LogP) is 3.90. The van der Waals surface area contributed by atoms with E-state index in [1.807, 2.05) is 6.07 Å². The standard InChI is InChI=1S/C15H17ClN2/c16-10-4-5-13-12(9-10)11-6-8-18-7-2-1-3-14(18)15(11)17-13/h4-5,9,14,17H,1-3,6-8H2/t14-/m1/s1. The van der Waals surface area contributed by atoms with Crippen LogP contribution >= 0.6 is 11.6 Å². The van der Waals surface area contributed by atoms with E-state index < -0.39 is 0 Å². The van der Waals surface area contributed by atoms with Gasteiger partial charge in [-0.25, -0.2) is 0 Å².